The molecular formula is C15H24ClN5. The maximum absolute atomic E-state index is 4.57. The first-order chi connectivity index (χ1) is 9.54. The summed E-state index contributed by atoms with van der Waals surface area (Å²) in [6, 6.07) is 2.58. The third-order valence-electron chi connectivity index (χ3n) is 3.90. The number of anilines is 1. The minimum absolute atomic E-state index is 0. The predicted octanol–water partition coefficient (Wildman–Crippen LogP) is 3.42. The fourth-order valence-corrected chi connectivity index (χ4v) is 2.38. The van der Waals surface area contributed by atoms with Crippen LogP contribution in [0.4, 0.5) is 5.82 Å². The summed E-state index contributed by atoms with van der Waals surface area (Å²) in [6.07, 6.45) is 4.71. The van der Waals surface area contributed by atoms with Gasteiger partial charge >= 0.3 is 0 Å². The molecule has 21 heavy (non-hydrogen) atoms. The average Bonchev–Trinajstić information content (AvgIpc) is 3.08. The Balaban J connectivity index is 0.00000161. The summed E-state index contributed by atoms with van der Waals surface area (Å²) in [7, 11) is 2.00. The largest absolute Gasteiger partial charge is 0.366 e. The first kappa shape index (κ1) is 15.9. The molecule has 1 saturated carbocycles. The predicted molar refractivity (Wildman–Crippen MR) is 87.1 cm³/mol. The highest BCUT2D eigenvalue weighted by molar-refractivity contribution is 5.85. The van der Waals surface area contributed by atoms with Crippen molar-refractivity contribution in [2.24, 2.45) is 7.05 Å². The lowest BCUT2D eigenvalue weighted by Crippen LogP contribution is -2.05. The summed E-state index contributed by atoms with van der Waals surface area (Å²) >= 11 is 0. The zero-order valence-electron chi connectivity index (χ0n) is 13.1. The van der Waals surface area contributed by atoms with Crippen molar-refractivity contribution in [3.05, 3.63) is 29.2 Å². The summed E-state index contributed by atoms with van der Waals surface area (Å²) in [6.45, 7) is 7.15. The third-order valence-corrected chi connectivity index (χ3v) is 3.90. The minimum Gasteiger partial charge on any atom is -0.366 e. The van der Waals surface area contributed by atoms with E-state index in [2.05, 4.69) is 48.5 Å². The molecule has 0 spiro atoms. The zero-order valence-corrected chi connectivity index (χ0v) is 13.9. The second-order valence-electron chi connectivity index (χ2n) is 6.02. The number of hydrogen-bond acceptors (Lipinski definition) is 3. The molecule has 0 aromatic carbocycles. The number of halogens is 1. The van der Waals surface area contributed by atoms with Gasteiger partial charge in [0.15, 0.2) is 0 Å². The quantitative estimate of drug-likeness (QED) is 0.920. The van der Waals surface area contributed by atoms with Crippen molar-refractivity contribution in [1.29, 1.82) is 0 Å². The molecule has 0 aliphatic heterocycles. The van der Waals surface area contributed by atoms with Crippen LogP contribution in [0.5, 0.6) is 0 Å². The van der Waals surface area contributed by atoms with Crippen LogP contribution in [0.3, 0.4) is 0 Å². The summed E-state index contributed by atoms with van der Waals surface area (Å²) in [5.41, 5.74) is 3.56. The highest BCUT2D eigenvalue weighted by Gasteiger charge is 2.26. The number of nitrogens with zero attached hydrogens (tertiary/aromatic N) is 4. The molecule has 0 bridgehead atoms. The van der Waals surface area contributed by atoms with Gasteiger partial charge in [-0.3, -0.25) is 9.36 Å². The Morgan fingerprint density at radius 2 is 2.05 bits per heavy atom. The van der Waals surface area contributed by atoms with Crippen molar-refractivity contribution < 1.29 is 0 Å². The lowest BCUT2D eigenvalue weighted by atomic mass is 10.2. The Bertz CT molecular complexity index is 563. The van der Waals surface area contributed by atoms with E-state index < -0.39 is 0 Å². The molecular weight excluding hydrogens is 286 g/mol. The molecule has 2 heterocycles. The normalized spacial score (nSPS) is 14.3. The first-order valence-electron chi connectivity index (χ1n) is 7.37. The molecule has 0 unspecified atom stereocenters. The molecule has 3 rings (SSSR count). The fraction of sp³-hybridized carbons (Fsp3) is 0.600. The van der Waals surface area contributed by atoms with Gasteiger partial charge in [0.05, 0.1) is 11.4 Å². The van der Waals surface area contributed by atoms with Crippen LogP contribution in [-0.2, 0) is 13.6 Å². The Labute approximate surface area is 132 Å². The van der Waals surface area contributed by atoms with E-state index in [-0.39, 0.29) is 12.4 Å². The van der Waals surface area contributed by atoms with Crippen LogP contribution in [0.2, 0.25) is 0 Å². The van der Waals surface area contributed by atoms with Gasteiger partial charge in [0.2, 0.25) is 0 Å². The highest BCUT2D eigenvalue weighted by Crippen LogP contribution is 2.39. The molecule has 6 heteroatoms. The van der Waals surface area contributed by atoms with E-state index in [1.165, 1.54) is 24.1 Å². The van der Waals surface area contributed by atoms with Crippen molar-refractivity contribution in [3.63, 3.8) is 0 Å². The summed E-state index contributed by atoms with van der Waals surface area (Å²) < 4.78 is 3.96. The third kappa shape index (κ3) is 3.40. The van der Waals surface area contributed by atoms with E-state index in [9.17, 15) is 0 Å². The maximum Gasteiger partial charge on any atom is 0.124 e. The molecule has 0 radical (unpaired) electrons. The van der Waals surface area contributed by atoms with Gasteiger partial charge in [-0.25, -0.2) is 0 Å². The van der Waals surface area contributed by atoms with Crippen molar-refractivity contribution in [1.82, 2.24) is 19.6 Å². The van der Waals surface area contributed by atoms with Crippen molar-refractivity contribution in [2.45, 2.75) is 52.1 Å². The molecule has 1 aliphatic carbocycles. The van der Waals surface area contributed by atoms with Crippen LogP contribution in [-0.4, -0.2) is 19.6 Å². The summed E-state index contributed by atoms with van der Waals surface area (Å²) in [4.78, 5) is 0. The molecule has 1 fully saturated rings. The smallest absolute Gasteiger partial charge is 0.124 e. The van der Waals surface area contributed by atoms with Crippen molar-refractivity contribution in [2.75, 3.05) is 5.32 Å². The van der Waals surface area contributed by atoms with Gasteiger partial charge < -0.3 is 5.32 Å². The molecule has 1 aliphatic rings. The van der Waals surface area contributed by atoms with E-state index in [0.29, 0.717) is 12.0 Å². The lowest BCUT2D eigenvalue weighted by Gasteiger charge is -2.05. The summed E-state index contributed by atoms with van der Waals surface area (Å²) in [5.74, 6) is 1.78. The van der Waals surface area contributed by atoms with Gasteiger partial charge in [-0.15, -0.1) is 12.4 Å². The van der Waals surface area contributed by atoms with Crippen LogP contribution >= 0.6 is 12.4 Å². The molecule has 0 saturated heterocycles. The zero-order chi connectivity index (χ0) is 14.3. The second kappa shape index (κ2) is 6.10. The number of rotatable bonds is 5. The van der Waals surface area contributed by atoms with E-state index in [0.717, 1.165) is 18.1 Å². The Kier molecular flexibility index (Phi) is 4.61. The second-order valence-corrected chi connectivity index (χ2v) is 6.02. The molecule has 2 aromatic rings. The topological polar surface area (TPSA) is 47.7 Å². The van der Waals surface area contributed by atoms with Crippen LogP contribution in [0.1, 0.15) is 55.6 Å². The van der Waals surface area contributed by atoms with Gasteiger partial charge in [-0.1, -0.05) is 0 Å². The van der Waals surface area contributed by atoms with Gasteiger partial charge in [0, 0.05) is 43.4 Å². The van der Waals surface area contributed by atoms with Crippen LogP contribution in [0.15, 0.2) is 12.3 Å². The maximum atomic E-state index is 4.57. The average molecular weight is 310 g/mol. The molecule has 2 aromatic heterocycles. The molecule has 0 atom stereocenters. The number of aromatic nitrogens is 4. The lowest BCUT2D eigenvalue weighted by molar-refractivity contribution is 0.529. The fourth-order valence-electron chi connectivity index (χ4n) is 2.38. The SMILES string of the molecule is Cc1nn(C(C)C)cc1CNc1cc(C2CC2)nn1C.Cl. The van der Waals surface area contributed by atoms with Gasteiger partial charge in [0.25, 0.3) is 0 Å². The molecule has 1 N–H and O–H groups in total. The Morgan fingerprint density at radius 1 is 1.33 bits per heavy atom. The monoisotopic (exact) mass is 309 g/mol. The molecule has 116 valence electrons. The van der Waals surface area contributed by atoms with Gasteiger partial charge in [0.1, 0.15) is 5.82 Å². The number of hydrogen-bond donors (Lipinski definition) is 1. The standard InChI is InChI=1S/C15H23N5.ClH/c1-10(2)20-9-13(11(3)17-20)8-16-15-7-14(12-5-6-12)18-19(15)4;/h7,9-10,12,16H,5-6,8H2,1-4H3;1H. The molecule has 0 amide bonds. The van der Waals surface area contributed by atoms with Crippen molar-refractivity contribution in [3.8, 4) is 0 Å². The van der Waals surface area contributed by atoms with Gasteiger partial charge in [-0.2, -0.15) is 10.2 Å². The van der Waals surface area contributed by atoms with Gasteiger partial charge in [-0.05, 0) is 33.6 Å². The van der Waals surface area contributed by atoms with Crippen LogP contribution < -0.4 is 5.32 Å². The van der Waals surface area contributed by atoms with Crippen LogP contribution in [0.25, 0.3) is 0 Å². The van der Waals surface area contributed by atoms with Crippen LogP contribution in [0, 0.1) is 6.92 Å². The molecule has 5 nitrogen and oxygen atoms in total. The number of aryl methyl sites for hydroxylation is 2. The van der Waals surface area contributed by atoms with E-state index >= 15 is 0 Å². The Morgan fingerprint density at radius 3 is 2.62 bits per heavy atom. The first-order valence-corrected chi connectivity index (χ1v) is 7.37. The van der Waals surface area contributed by atoms with E-state index in [1.807, 2.05) is 16.4 Å². The van der Waals surface area contributed by atoms with E-state index in [4.69, 9.17) is 0 Å². The van der Waals surface area contributed by atoms with Crippen molar-refractivity contribution >= 4 is 18.2 Å². The Hall–Kier alpha value is -1.49. The van der Waals surface area contributed by atoms with E-state index in [1.54, 1.807) is 0 Å². The minimum atomic E-state index is 0. The highest BCUT2D eigenvalue weighted by atomic mass is 35.5. The number of nitrogens with one attached hydrogen (secondary N) is 1. The summed E-state index contributed by atoms with van der Waals surface area (Å²) in [5, 5.41) is 12.6.